The van der Waals surface area contributed by atoms with Crippen LogP contribution in [0.3, 0.4) is 0 Å². The highest BCUT2D eigenvalue weighted by Gasteiger charge is 2.26. The Morgan fingerprint density at radius 2 is 2.08 bits per heavy atom. The molecule has 0 unspecified atom stereocenters. The Balaban J connectivity index is 1.35. The molecule has 2 amide bonds. The zero-order valence-electron chi connectivity index (χ0n) is 14.3. The molecule has 0 bridgehead atoms. The van der Waals surface area contributed by atoms with Crippen molar-refractivity contribution in [2.75, 3.05) is 25.4 Å². The van der Waals surface area contributed by atoms with Crippen molar-refractivity contribution in [1.29, 1.82) is 0 Å². The van der Waals surface area contributed by atoms with Crippen LogP contribution in [0.1, 0.15) is 23.1 Å². The minimum atomic E-state index is -0.426. The fraction of sp³-hybridized carbons (Fsp3) is 0.444. The molecule has 0 saturated carbocycles. The van der Waals surface area contributed by atoms with Gasteiger partial charge in [0.1, 0.15) is 4.32 Å². The third kappa shape index (κ3) is 4.82. The predicted molar refractivity (Wildman–Crippen MR) is 103 cm³/mol. The third-order valence-electron chi connectivity index (χ3n) is 4.37. The smallest absolute Gasteiger partial charge is 0.310 e. The molecule has 1 fully saturated rings. The number of aryl methyl sites for hydroxylation is 2. The van der Waals surface area contributed by atoms with Crippen LogP contribution in [0.2, 0.25) is 0 Å². The molecule has 1 N–H and O–H groups in total. The normalized spacial score (nSPS) is 15.9. The van der Waals surface area contributed by atoms with Crippen LogP contribution in [0.5, 0.6) is 0 Å². The van der Waals surface area contributed by atoms with E-state index in [1.807, 2.05) is 6.07 Å². The average Bonchev–Trinajstić information content (AvgIpc) is 3.20. The second kappa shape index (κ2) is 8.64. The predicted octanol–water partition coefficient (Wildman–Crippen LogP) is 1.24. The van der Waals surface area contributed by atoms with Crippen molar-refractivity contribution in [2.45, 2.75) is 25.7 Å². The first-order valence-corrected chi connectivity index (χ1v) is 9.92. The first-order chi connectivity index (χ1) is 12.5. The molecule has 0 spiro atoms. The van der Waals surface area contributed by atoms with Gasteiger partial charge in [0.2, 0.25) is 5.91 Å². The number of rotatable bonds is 7. The van der Waals surface area contributed by atoms with Crippen molar-refractivity contribution in [3.05, 3.63) is 34.9 Å². The summed E-state index contributed by atoms with van der Waals surface area (Å²) in [6.07, 6.45) is 3.49. The Morgan fingerprint density at radius 3 is 2.85 bits per heavy atom. The lowest BCUT2D eigenvalue weighted by Gasteiger charge is -2.15. The number of thioether (sulfide) groups is 1. The molecule has 2 aliphatic rings. The number of amides is 2. The topological polar surface area (TPSA) is 75.7 Å². The summed E-state index contributed by atoms with van der Waals surface area (Å²) in [5, 5.41) is 2.62. The molecule has 8 heteroatoms. The van der Waals surface area contributed by atoms with E-state index in [9.17, 15) is 14.4 Å². The third-order valence-corrected chi connectivity index (χ3v) is 5.81. The van der Waals surface area contributed by atoms with Crippen molar-refractivity contribution in [1.82, 2.24) is 10.2 Å². The van der Waals surface area contributed by atoms with Crippen LogP contribution in [0, 0.1) is 0 Å². The number of nitrogens with zero attached hydrogens (tertiary/aromatic N) is 1. The van der Waals surface area contributed by atoms with Crippen LogP contribution in [0.15, 0.2) is 18.2 Å². The van der Waals surface area contributed by atoms with Gasteiger partial charge in [0.15, 0.2) is 6.61 Å². The monoisotopic (exact) mass is 392 g/mol. The second-order valence-electron chi connectivity index (χ2n) is 6.24. The first kappa shape index (κ1) is 18.8. The molecule has 0 radical (unpaired) electrons. The molecule has 0 aromatic heterocycles. The number of esters is 1. The molecule has 1 heterocycles. The van der Waals surface area contributed by atoms with Crippen molar-refractivity contribution in [2.24, 2.45) is 0 Å². The van der Waals surface area contributed by atoms with Gasteiger partial charge < -0.3 is 10.1 Å². The molecule has 1 aliphatic heterocycles. The molecule has 1 aliphatic carbocycles. The summed E-state index contributed by atoms with van der Waals surface area (Å²) in [6.45, 7) is 0.282. The van der Waals surface area contributed by atoms with E-state index in [-0.39, 0.29) is 25.5 Å². The summed E-state index contributed by atoms with van der Waals surface area (Å²) >= 11 is 6.38. The highest BCUT2D eigenvalue weighted by Crippen LogP contribution is 2.23. The van der Waals surface area contributed by atoms with E-state index in [4.69, 9.17) is 17.0 Å². The van der Waals surface area contributed by atoms with Crippen LogP contribution in [-0.4, -0.2) is 52.5 Å². The van der Waals surface area contributed by atoms with Gasteiger partial charge in [-0.15, -0.1) is 0 Å². The van der Waals surface area contributed by atoms with Gasteiger partial charge >= 0.3 is 5.97 Å². The second-order valence-corrected chi connectivity index (χ2v) is 7.85. The number of hydrogen-bond acceptors (Lipinski definition) is 6. The van der Waals surface area contributed by atoms with Crippen molar-refractivity contribution >= 4 is 46.1 Å². The van der Waals surface area contributed by atoms with Gasteiger partial charge in [-0.05, 0) is 36.0 Å². The Kier molecular flexibility index (Phi) is 6.26. The number of nitrogens with one attached hydrogen (secondary N) is 1. The maximum absolute atomic E-state index is 11.9. The minimum absolute atomic E-state index is 0.0463. The Morgan fingerprint density at radius 1 is 1.27 bits per heavy atom. The maximum Gasteiger partial charge on any atom is 0.310 e. The number of hydrogen-bond donors (Lipinski definition) is 1. The molecule has 26 heavy (non-hydrogen) atoms. The molecule has 6 nitrogen and oxygen atoms in total. The van der Waals surface area contributed by atoms with E-state index in [1.165, 1.54) is 27.8 Å². The van der Waals surface area contributed by atoms with E-state index >= 15 is 0 Å². The summed E-state index contributed by atoms with van der Waals surface area (Å²) in [6, 6.07) is 6.07. The lowest BCUT2D eigenvalue weighted by Crippen LogP contribution is -2.38. The minimum Gasteiger partial charge on any atom is -0.455 e. The van der Waals surface area contributed by atoms with Crippen LogP contribution < -0.4 is 5.32 Å². The fourth-order valence-corrected chi connectivity index (χ4v) is 4.18. The number of benzene rings is 1. The summed E-state index contributed by atoms with van der Waals surface area (Å²) in [4.78, 5) is 36.7. The molecular weight excluding hydrogens is 372 g/mol. The molecule has 0 atom stereocenters. The zero-order valence-corrected chi connectivity index (χ0v) is 15.9. The summed E-state index contributed by atoms with van der Waals surface area (Å²) in [7, 11) is 0. The lowest BCUT2D eigenvalue weighted by molar-refractivity contribution is -0.147. The van der Waals surface area contributed by atoms with Gasteiger partial charge in [0, 0.05) is 13.1 Å². The van der Waals surface area contributed by atoms with E-state index in [0.717, 1.165) is 24.8 Å². The van der Waals surface area contributed by atoms with E-state index in [2.05, 4.69) is 17.4 Å². The fourth-order valence-electron chi connectivity index (χ4n) is 3.05. The quantitative estimate of drug-likeness (QED) is 0.556. The van der Waals surface area contributed by atoms with Gasteiger partial charge in [0.25, 0.3) is 5.91 Å². The number of carbonyl (C=O) groups excluding carboxylic acids is 3. The van der Waals surface area contributed by atoms with Crippen molar-refractivity contribution in [3.8, 4) is 0 Å². The molecule has 138 valence electrons. The van der Waals surface area contributed by atoms with Crippen molar-refractivity contribution < 1.29 is 19.1 Å². The van der Waals surface area contributed by atoms with Gasteiger partial charge in [0.05, 0.1) is 12.2 Å². The van der Waals surface area contributed by atoms with E-state index in [0.29, 0.717) is 16.6 Å². The highest BCUT2D eigenvalue weighted by molar-refractivity contribution is 8.23. The number of thiocarbonyl (C=S) groups is 1. The molecular formula is C18H20N2O4S2. The Labute approximate surface area is 161 Å². The molecule has 3 rings (SSSR count). The highest BCUT2D eigenvalue weighted by atomic mass is 32.2. The van der Waals surface area contributed by atoms with Gasteiger partial charge in [-0.3, -0.25) is 19.3 Å². The van der Waals surface area contributed by atoms with Crippen LogP contribution in [0.25, 0.3) is 0 Å². The van der Waals surface area contributed by atoms with Gasteiger partial charge in [-0.2, -0.15) is 0 Å². The largest absolute Gasteiger partial charge is 0.455 e. The molecule has 1 aromatic rings. The van der Waals surface area contributed by atoms with Crippen LogP contribution in [0.4, 0.5) is 0 Å². The number of carbonyl (C=O) groups is 3. The average molecular weight is 393 g/mol. The zero-order chi connectivity index (χ0) is 18.5. The van der Waals surface area contributed by atoms with E-state index in [1.54, 1.807) is 0 Å². The molecule has 1 saturated heterocycles. The molecule has 1 aromatic carbocycles. The summed E-state index contributed by atoms with van der Waals surface area (Å²) < 4.78 is 5.56. The van der Waals surface area contributed by atoms with E-state index < -0.39 is 11.9 Å². The Hall–Kier alpha value is -1.93. The maximum atomic E-state index is 11.9. The lowest BCUT2D eigenvalue weighted by atomic mass is 10.0. The first-order valence-electron chi connectivity index (χ1n) is 8.53. The SMILES string of the molecule is O=C(COC(=O)Cc1ccc2c(c1)CCC2)NCCN1C(=O)CSC1=S. The standard InChI is InChI=1S/C18H20N2O4S2/c21-15(19-6-7-20-16(22)11-26-18(20)25)10-24-17(23)9-12-4-5-13-2-1-3-14(13)8-12/h4-5,8H,1-3,6-7,9-11H2,(H,19,21). The number of fused-ring (bicyclic) bond motifs is 1. The van der Waals surface area contributed by atoms with Crippen LogP contribution >= 0.6 is 24.0 Å². The van der Waals surface area contributed by atoms with Crippen molar-refractivity contribution in [3.63, 3.8) is 0 Å². The Bertz CT molecular complexity index is 735. The number of ether oxygens (including phenoxy) is 1. The van der Waals surface area contributed by atoms with Gasteiger partial charge in [-0.25, -0.2) is 0 Å². The summed E-state index contributed by atoms with van der Waals surface area (Å²) in [5.74, 6) is -0.509. The van der Waals surface area contributed by atoms with Crippen LogP contribution in [-0.2, 0) is 38.4 Å². The van der Waals surface area contributed by atoms with Gasteiger partial charge in [-0.1, -0.05) is 42.2 Å². The summed E-state index contributed by atoms with van der Waals surface area (Å²) in [5.41, 5.74) is 3.58.